The fraction of sp³-hybridized carbons (Fsp3) is 0.591. The highest BCUT2D eigenvalue weighted by atomic mass is 32.2. The zero-order valence-electron chi connectivity index (χ0n) is 17.4. The molecule has 30 heavy (non-hydrogen) atoms. The van der Waals surface area contributed by atoms with Crippen molar-refractivity contribution in [3.05, 3.63) is 40.2 Å². The molecule has 2 aromatic rings. The zero-order chi connectivity index (χ0) is 22.0. The van der Waals surface area contributed by atoms with Crippen molar-refractivity contribution in [3.8, 4) is 0 Å². The number of halogens is 3. The van der Waals surface area contributed by atoms with Crippen molar-refractivity contribution in [1.82, 2.24) is 0 Å². The van der Waals surface area contributed by atoms with Crippen molar-refractivity contribution in [2.45, 2.75) is 75.1 Å². The van der Waals surface area contributed by atoms with E-state index in [1.807, 2.05) is 0 Å². The molecule has 2 rings (SSSR count). The molecule has 1 aromatic carbocycles. The second-order valence-electron chi connectivity index (χ2n) is 7.49. The summed E-state index contributed by atoms with van der Waals surface area (Å²) in [6.45, 7) is 5.00. The average Bonchev–Trinajstić information content (AvgIpc) is 2.64. The van der Waals surface area contributed by atoms with Gasteiger partial charge in [0.05, 0.1) is 13.0 Å². The highest BCUT2D eigenvalue weighted by Gasteiger charge is 2.27. The Hall–Kier alpha value is -1.12. The predicted molar refractivity (Wildman–Crippen MR) is 119 cm³/mol. The fourth-order valence-corrected chi connectivity index (χ4v) is 4.53. The highest BCUT2D eigenvalue weighted by molar-refractivity contribution is 7.99. The summed E-state index contributed by atoms with van der Waals surface area (Å²) in [4.78, 5) is 12.5. The van der Waals surface area contributed by atoms with Gasteiger partial charge in [0.1, 0.15) is 5.58 Å². The normalized spacial score (nSPS) is 12.2. The largest absolute Gasteiger partial charge is 0.423 e. The van der Waals surface area contributed by atoms with Crippen molar-refractivity contribution < 1.29 is 21.8 Å². The first-order valence-corrected chi connectivity index (χ1v) is 12.1. The number of thioether (sulfide) groups is 1. The van der Waals surface area contributed by atoms with Crippen LogP contribution >= 0.6 is 23.8 Å². The zero-order valence-corrected chi connectivity index (χ0v) is 19.1. The third kappa shape index (κ3) is 9.79. The van der Waals surface area contributed by atoms with E-state index in [4.69, 9.17) is 8.60 Å². The maximum absolute atomic E-state index is 12.7. The molecule has 0 bridgehead atoms. The van der Waals surface area contributed by atoms with Crippen LogP contribution in [0.4, 0.5) is 13.2 Å². The Bertz CT molecular complexity index is 834. The lowest BCUT2D eigenvalue weighted by Gasteiger charge is -2.09. The van der Waals surface area contributed by atoms with Crippen LogP contribution in [0.25, 0.3) is 11.0 Å². The Morgan fingerprint density at radius 1 is 1.03 bits per heavy atom. The second-order valence-corrected chi connectivity index (χ2v) is 10.00. The van der Waals surface area contributed by atoms with Crippen molar-refractivity contribution in [2.24, 2.45) is 0 Å². The number of hydrogen-bond acceptors (Lipinski definition) is 5. The van der Waals surface area contributed by atoms with Gasteiger partial charge in [-0.15, -0.1) is 11.8 Å². The molecule has 0 spiro atoms. The van der Waals surface area contributed by atoms with E-state index in [1.54, 1.807) is 0 Å². The molecule has 0 saturated heterocycles. The molecule has 0 atom stereocenters. The van der Waals surface area contributed by atoms with Gasteiger partial charge in [-0.2, -0.15) is 13.2 Å². The molecule has 0 fully saturated rings. The first kappa shape index (κ1) is 25.1. The van der Waals surface area contributed by atoms with E-state index >= 15 is 0 Å². The number of rotatable bonds is 13. The molecule has 0 aliphatic heterocycles. The third-order valence-electron chi connectivity index (χ3n) is 4.31. The van der Waals surface area contributed by atoms with Crippen LogP contribution in [0.5, 0.6) is 0 Å². The predicted octanol–water partition coefficient (Wildman–Crippen LogP) is 7.40. The minimum Gasteiger partial charge on any atom is -0.423 e. The summed E-state index contributed by atoms with van der Waals surface area (Å²) in [5.41, 5.74) is 0.0154. The smallest absolute Gasteiger partial charge is 0.393 e. The van der Waals surface area contributed by atoms with E-state index in [2.05, 4.69) is 13.8 Å². The molecule has 0 aliphatic carbocycles. The maximum atomic E-state index is 12.7. The fourth-order valence-electron chi connectivity index (χ4n) is 2.98. The molecule has 0 amide bonds. The van der Waals surface area contributed by atoms with Gasteiger partial charge < -0.3 is 8.60 Å². The van der Waals surface area contributed by atoms with E-state index in [-0.39, 0.29) is 5.56 Å². The molecular weight excluding hydrogens is 433 g/mol. The summed E-state index contributed by atoms with van der Waals surface area (Å²) in [6, 6.07) is 5.66. The van der Waals surface area contributed by atoms with Crippen LogP contribution in [0, 0.1) is 0 Å². The lowest BCUT2D eigenvalue weighted by atomic mass is 10.1. The van der Waals surface area contributed by atoms with Crippen LogP contribution in [0.2, 0.25) is 0 Å². The SMILES string of the molecule is CC(C)SOCCCCCCCCSc1cc(=O)oc2ccc(CC(F)(F)F)cc12. The molecule has 0 radical (unpaired) electrons. The van der Waals surface area contributed by atoms with E-state index in [9.17, 15) is 18.0 Å². The van der Waals surface area contributed by atoms with Gasteiger partial charge in [-0.3, -0.25) is 0 Å². The van der Waals surface area contributed by atoms with Gasteiger partial charge in [0.15, 0.2) is 0 Å². The summed E-state index contributed by atoms with van der Waals surface area (Å²) in [5.74, 6) is 0.816. The van der Waals surface area contributed by atoms with Gasteiger partial charge in [0.25, 0.3) is 0 Å². The van der Waals surface area contributed by atoms with Crippen LogP contribution in [-0.4, -0.2) is 23.8 Å². The first-order chi connectivity index (χ1) is 14.2. The summed E-state index contributed by atoms with van der Waals surface area (Å²) >= 11 is 3.03. The quantitative estimate of drug-likeness (QED) is 0.134. The van der Waals surface area contributed by atoms with Crippen molar-refractivity contribution in [2.75, 3.05) is 12.4 Å². The third-order valence-corrected chi connectivity index (χ3v) is 6.14. The second kappa shape index (κ2) is 12.7. The average molecular weight is 463 g/mol. The molecule has 0 unspecified atom stereocenters. The monoisotopic (exact) mass is 462 g/mol. The minimum absolute atomic E-state index is 0.168. The van der Waals surface area contributed by atoms with E-state index < -0.39 is 18.2 Å². The molecular formula is C22H29F3O3S2. The number of benzene rings is 1. The summed E-state index contributed by atoms with van der Waals surface area (Å²) in [7, 11) is 0. The van der Waals surface area contributed by atoms with Gasteiger partial charge in [0, 0.05) is 21.6 Å². The van der Waals surface area contributed by atoms with Crippen molar-refractivity contribution >= 4 is 34.8 Å². The summed E-state index contributed by atoms with van der Waals surface area (Å²) in [6.07, 6.45) is 1.36. The van der Waals surface area contributed by atoms with Crippen LogP contribution in [0.3, 0.4) is 0 Å². The van der Waals surface area contributed by atoms with Gasteiger partial charge in [0.2, 0.25) is 0 Å². The van der Waals surface area contributed by atoms with E-state index in [1.165, 1.54) is 54.5 Å². The Morgan fingerprint density at radius 2 is 1.73 bits per heavy atom. The van der Waals surface area contributed by atoms with Crippen molar-refractivity contribution in [3.63, 3.8) is 0 Å². The van der Waals surface area contributed by atoms with Crippen LogP contribution in [0.1, 0.15) is 57.9 Å². The molecule has 0 saturated carbocycles. The Morgan fingerprint density at radius 3 is 2.43 bits per heavy atom. The maximum Gasteiger partial charge on any atom is 0.393 e. The Labute approximate surface area is 184 Å². The molecule has 1 heterocycles. The van der Waals surface area contributed by atoms with Gasteiger partial charge in [-0.1, -0.05) is 45.6 Å². The first-order valence-electron chi connectivity index (χ1n) is 10.3. The number of alkyl halides is 3. The Balaban J connectivity index is 1.76. The van der Waals surface area contributed by atoms with Crippen LogP contribution in [0.15, 0.2) is 38.4 Å². The molecule has 168 valence electrons. The standard InChI is InChI=1S/C22H29F3O3S2/c1-16(2)30-27-11-7-5-3-4-6-8-12-29-20-14-21(26)28-19-10-9-17(13-18(19)20)15-22(23,24)25/h9-10,13-14,16H,3-8,11-12,15H2,1-2H3. The van der Waals surface area contributed by atoms with Crippen LogP contribution in [-0.2, 0) is 10.6 Å². The molecule has 0 aliphatic rings. The Kier molecular flexibility index (Phi) is 10.6. The molecule has 1 aromatic heterocycles. The van der Waals surface area contributed by atoms with Gasteiger partial charge in [-0.25, -0.2) is 4.79 Å². The number of unbranched alkanes of at least 4 members (excludes halogenated alkanes) is 5. The topological polar surface area (TPSA) is 39.4 Å². The van der Waals surface area contributed by atoms with E-state index in [0.29, 0.717) is 21.1 Å². The summed E-state index contributed by atoms with van der Waals surface area (Å²) < 4.78 is 48.7. The lowest BCUT2D eigenvalue weighted by Crippen LogP contribution is -2.11. The van der Waals surface area contributed by atoms with Gasteiger partial charge >= 0.3 is 11.8 Å². The number of hydrogen-bond donors (Lipinski definition) is 0. The summed E-state index contributed by atoms with van der Waals surface area (Å²) in [5, 5.41) is 1.06. The molecule has 8 heteroatoms. The van der Waals surface area contributed by atoms with Crippen LogP contribution < -0.4 is 5.63 Å². The lowest BCUT2D eigenvalue weighted by molar-refractivity contribution is -0.127. The highest BCUT2D eigenvalue weighted by Crippen LogP contribution is 2.30. The molecule has 3 nitrogen and oxygen atoms in total. The van der Waals surface area contributed by atoms with Gasteiger partial charge in [-0.05, 0) is 48.3 Å². The minimum atomic E-state index is -4.27. The number of fused-ring (bicyclic) bond motifs is 1. The molecule has 0 N–H and O–H groups in total. The van der Waals surface area contributed by atoms with Crippen molar-refractivity contribution in [1.29, 1.82) is 0 Å². The van der Waals surface area contributed by atoms with E-state index in [0.717, 1.165) is 44.5 Å².